The van der Waals surface area contributed by atoms with E-state index in [4.69, 9.17) is 9.84 Å². The molecule has 2 atom stereocenters. The van der Waals surface area contributed by atoms with Crippen LogP contribution in [0, 0.1) is 0 Å². The summed E-state index contributed by atoms with van der Waals surface area (Å²) >= 11 is 0. The lowest BCUT2D eigenvalue weighted by Gasteiger charge is -2.18. The zero-order chi connectivity index (χ0) is 19.6. The second kappa shape index (κ2) is 10.1. The van der Waals surface area contributed by atoms with Gasteiger partial charge in [0.25, 0.3) is 0 Å². The number of carboxylic acid groups (broad SMARTS) is 1. The molecule has 0 aliphatic rings. The molecular weight excluding hydrogens is 350 g/mol. The summed E-state index contributed by atoms with van der Waals surface area (Å²) in [6, 6.07) is 15.5. The first-order chi connectivity index (χ1) is 13.0. The van der Waals surface area contributed by atoms with Crippen molar-refractivity contribution in [3.05, 3.63) is 77.4 Å². The summed E-state index contributed by atoms with van der Waals surface area (Å²) in [6.45, 7) is -0.0773. The molecule has 2 rings (SSSR count). The first-order valence-electron chi connectivity index (χ1n) is 8.27. The molecule has 2 unspecified atom stereocenters. The molecule has 0 fully saturated rings. The average molecular weight is 371 g/mol. The smallest absolute Gasteiger partial charge is 0.407 e. The summed E-state index contributed by atoms with van der Waals surface area (Å²) < 4.78 is 5.03. The van der Waals surface area contributed by atoms with Crippen LogP contribution in [0.3, 0.4) is 0 Å². The van der Waals surface area contributed by atoms with Crippen molar-refractivity contribution in [2.75, 3.05) is 6.54 Å². The van der Waals surface area contributed by atoms with E-state index < -0.39 is 24.3 Å². The van der Waals surface area contributed by atoms with Gasteiger partial charge in [-0.2, -0.15) is 0 Å². The third-order valence-corrected chi connectivity index (χ3v) is 3.73. The molecule has 7 nitrogen and oxygen atoms in total. The monoisotopic (exact) mass is 371 g/mol. The van der Waals surface area contributed by atoms with Crippen LogP contribution in [0.5, 0.6) is 0 Å². The summed E-state index contributed by atoms with van der Waals surface area (Å²) in [5.41, 5.74) is 1.92. The van der Waals surface area contributed by atoms with Crippen molar-refractivity contribution < 1.29 is 29.6 Å². The van der Waals surface area contributed by atoms with E-state index >= 15 is 0 Å². The van der Waals surface area contributed by atoms with E-state index in [1.54, 1.807) is 24.3 Å². The number of benzene rings is 2. The van der Waals surface area contributed by atoms with Crippen LogP contribution in [0.1, 0.15) is 22.8 Å². The molecule has 0 radical (unpaired) electrons. The molecule has 7 heteroatoms. The molecular formula is C20H21NO6. The Morgan fingerprint density at radius 1 is 1.04 bits per heavy atom. The fourth-order valence-corrected chi connectivity index (χ4v) is 2.27. The molecule has 142 valence electrons. The van der Waals surface area contributed by atoms with Crippen LogP contribution < -0.4 is 5.32 Å². The van der Waals surface area contributed by atoms with Crippen molar-refractivity contribution in [1.29, 1.82) is 0 Å². The summed E-state index contributed by atoms with van der Waals surface area (Å²) in [4.78, 5) is 22.2. The SMILES string of the molecule is O=C(O)/C=C/c1ccc(C(O)C(O)CNC(=O)OCc2ccccc2)cc1. The van der Waals surface area contributed by atoms with Gasteiger partial charge in [0.15, 0.2) is 0 Å². The van der Waals surface area contributed by atoms with Crippen molar-refractivity contribution in [1.82, 2.24) is 5.32 Å². The number of alkyl carbamates (subject to hydrolysis) is 1. The fraction of sp³-hybridized carbons (Fsp3) is 0.200. The van der Waals surface area contributed by atoms with Gasteiger partial charge in [-0.05, 0) is 22.8 Å². The number of carbonyl (C=O) groups is 2. The number of carbonyl (C=O) groups excluding carboxylic acids is 1. The summed E-state index contributed by atoms with van der Waals surface area (Å²) in [5.74, 6) is -1.06. The Hall–Kier alpha value is -3.16. The minimum absolute atomic E-state index is 0.108. The van der Waals surface area contributed by atoms with Crippen molar-refractivity contribution in [3.8, 4) is 0 Å². The molecule has 0 aliphatic carbocycles. The lowest BCUT2D eigenvalue weighted by atomic mass is 10.0. The Labute approximate surface area is 156 Å². The highest BCUT2D eigenvalue weighted by Crippen LogP contribution is 2.18. The Bertz CT molecular complexity index is 773. The molecule has 1 amide bonds. The van der Waals surface area contributed by atoms with E-state index in [2.05, 4.69) is 5.32 Å². The van der Waals surface area contributed by atoms with E-state index in [-0.39, 0.29) is 13.2 Å². The van der Waals surface area contributed by atoms with E-state index in [1.807, 2.05) is 30.3 Å². The minimum atomic E-state index is -1.23. The molecule has 2 aromatic rings. The van der Waals surface area contributed by atoms with Crippen molar-refractivity contribution >= 4 is 18.1 Å². The normalized spacial score (nSPS) is 13.1. The number of nitrogens with one attached hydrogen (secondary N) is 1. The van der Waals surface area contributed by atoms with Gasteiger partial charge < -0.3 is 25.4 Å². The van der Waals surface area contributed by atoms with Gasteiger partial charge in [-0.25, -0.2) is 9.59 Å². The average Bonchev–Trinajstić information content (AvgIpc) is 2.69. The third-order valence-electron chi connectivity index (χ3n) is 3.73. The van der Waals surface area contributed by atoms with Gasteiger partial charge >= 0.3 is 12.1 Å². The van der Waals surface area contributed by atoms with Gasteiger partial charge in [0, 0.05) is 12.6 Å². The highest BCUT2D eigenvalue weighted by Gasteiger charge is 2.19. The second-order valence-corrected chi connectivity index (χ2v) is 5.79. The number of rotatable bonds is 8. The molecule has 0 bridgehead atoms. The van der Waals surface area contributed by atoms with E-state index in [0.29, 0.717) is 11.1 Å². The molecule has 4 N–H and O–H groups in total. The maximum atomic E-state index is 11.7. The highest BCUT2D eigenvalue weighted by atomic mass is 16.5. The lowest BCUT2D eigenvalue weighted by Crippen LogP contribution is -2.35. The summed E-state index contributed by atoms with van der Waals surface area (Å²) in [5, 5.41) is 31.2. The van der Waals surface area contributed by atoms with Crippen LogP contribution >= 0.6 is 0 Å². The number of aliphatic hydroxyl groups is 2. The molecule has 0 heterocycles. The second-order valence-electron chi connectivity index (χ2n) is 5.79. The first-order valence-corrected chi connectivity index (χ1v) is 8.27. The van der Waals surface area contributed by atoms with Gasteiger partial charge in [-0.1, -0.05) is 54.6 Å². The van der Waals surface area contributed by atoms with Crippen molar-refractivity contribution in [2.24, 2.45) is 0 Å². The maximum absolute atomic E-state index is 11.7. The van der Waals surface area contributed by atoms with Crippen LogP contribution in [0.2, 0.25) is 0 Å². The number of aliphatic carboxylic acids is 1. The summed E-state index contributed by atoms with van der Waals surface area (Å²) in [7, 11) is 0. The third kappa shape index (κ3) is 6.93. The maximum Gasteiger partial charge on any atom is 0.407 e. The number of hydrogen-bond donors (Lipinski definition) is 4. The molecule has 0 spiro atoms. The van der Waals surface area contributed by atoms with E-state index in [9.17, 15) is 19.8 Å². The quantitative estimate of drug-likeness (QED) is 0.528. The molecule has 0 aliphatic heterocycles. The number of ether oxygens (including phenoxy) is 1. The topological polar surface area (TPSA) is 116 Å². The fourth-order valence-electron chi connectivity index (χ4n) is 2.27. The predicted molar refractivity (Wildman–Crippen MR) is 98.7 cm³/mol. The molecule has 0 saturated heterocycles. The van der Waals surface area contributed by atoms with Crippen LogP contribution in [0.4, 0.5) is 4.79 Å². The van der Waals surface area contributed by atoms with Crippen molar-refractivity contribution in [3.63, 3.8) is 0 Å². The van der Waals surface area contributed by atoms with Gasteiger partial charge in [0.2, 0.25) is 0 Å². The first kappa shape index (κ1) is 20.2. The molecule has 0 saturated carbocycles. The lowest BCUT2D eigenvalue weighted by molar-refractivity contribution is -0.131. The van der Waals surface area contributed by atoms with Crippen LogP contribution in [0.15, 0.2) is 60.7 Å². The van der Waals surface area contributed by atoms with E-state index in [1.165, 1.54) is 6.08 Å². The van der Waals surface area contributed by atoms with E-state index in [0.717, 1.165) is 11.6 Å². The van der Waals surface area contributed by atoms with Gasteiger partial charge in [0.1, 0.15) is 18.8 Å². The van der Waals surface area contributed by atoms with Gasteiger partial charge in [-0.15, -0.1) is 0 Å². The van der Waals surface area contributed by atoms with Crippen molar-refractivity contribution in [2.45, 2.75) is 18.8 Å². The zero-order valence-corrected chi connectivity index (χ0v) is 14.5. The summed E-state index contributed by atoms with van der Waals surface area (Å²) in [6.07, 6.45) is -0.712. The Morgan fingerprint density at radius 2 is 1.70 bits per heavy atom. The van der Waals surface area contributed by atoms with Crippen LogP contribution in [-0.4, -0.2) is 40.0 Å². The van der Waals surface area contributed by atoms with Gasteiger partial charge in [-0.3, -0.25) is 0 Å². The van der Waals surface area contributed by atoms with Crippen LogP contribution in [0.25, 0.3) is 6.08 Å². The molecule has 0 aromatic heterocycles. The number of amides is 1. The van der Waals surface area contributed by atoms with Gasteiger partial charge in [0.05, 0.1) is 0 Å². The Morgan fingerprint density at radius 3 is 2.33 bits per heavy atom. The highest BCUT2D eigenvalue weighted by molar-refractivity contribution is 5.85. The number of hydrogen-bond acceptors (Lipinski definition) is 5. The largest absolute Gasteiger partial charge is 0.478 e. The molecule has 27 heavy (non-hydrogen) atoms. The minimum Gasteiger partial charge on any atom is -0.478 e. The number of aliphatic hydroxyl groups excluding tert-OH is 2. The Kier molecular flexibility index (Phi) is 7.54. The standard InChI is InChI=1S/C20H21NO6/c22-17(12-21-20(26)27-13-15-4-2-1-3-5-15)19(25)16-9-6-14(7-10-16)8-11-18(23)24/h1-11,17,19,22,25H,12-13H2,(H,21,26)(H,23,24)/b11-8+. The predicted octanol–water partition coefficient (Wildman–Crippen LogP) is 2.11. The number of carboxylic acids is 1. The van der Waals surface area contributed by atoms with Crippen LogP contribution in [-0.2, 0) is 16.1 Å². The zero-order valence-electron chi connectivity index (χ0n) is 14.5. The molecule has 2 aromatic carbocycles. The Balaban J connectivity index is 1.79.